The summed E-state index contributed by atoms with van der Waals surface area (Å²) in [6.45, 7) is 9.55. The van der Waals surface area contributed by atoms with E-state index < -0.39 is 0 Å². The zero-order valence-electron chi connectivity index (χ0n) is 17.9. The summed E-state index contributed by atoms with van der Waals surface area (Å²) in [6, 6.07) is 11.0. The van der Waals surface area contributed by atoms with E-state index in [2.05, 4.69) is 22.3 Å². The van der Waals surface area contributed by atoms with E-state index in [1.807, 2.05) is 18.2 Å². The summed E-state index contributed by atoms with van der Waals surface area (Å²) in [5, 5.41) is 9.08. The van der Waals surface area contributed by atoms with Crippen molar-refractivity contribution >= 4 is 30.2 Å². The van der Waals surface area contributed by atoms with Crippen LogP contribution in [0, 0.1) is 22.9 Å². The van der Waals surface area contributed by atoms with Crippen LogP contribution in [0.2, 0.25) is 12.6 Å². The molecule has 0 saturated carbocycles. The number of anilines is 1. The molecular weight excluding hydrogens is 415 g/mol. The van der Waals surface area contributed by atoms with E-state index in [4.69, 9.17) is 11.1 Å². The highest BCUT2D eigenvalue weighted by atomic mass is 32.2. The highest BCUT2D eigenvalue weighted by molar-refractivity contribution is 7.98. The number of nitriles is 1. The monoisotopic (exact) mass is 443 g/mol. The molecule has 1 fully saturated rings. The summed E-state index contributed by atoms with van der Waals surface area (Å²) in [4.78, 5) is 0. The Morgan fingerprint density at radius 3 is 2.55 bits per heavy atom. The molecule has 31 heavy (non-hydrogen) atoms. The van der Waals surface area contributed by atoms with Gasteiger partial charge in [0.2, 0.25) is 0 Å². The van der Waals surface area contributed by atoms with Crippen LogP contribution < -0.4 is 15.6 Å². The van der Waals surface area contributed by atoms with Crippen molar-refractivity contribution in [3.05, 3.63) is 71.8 Å². The van der Waals surface area contributed by atoms with E-state index in [9.17, 15) is 8.78 Å². The molecule has 0 atom stereocenters. The largest absolute Gasteiger partial charge is 0.324 e. The Balaban J connectivity index is 0.00000166. The van der Waals surface area contributed by atoms with Gasteiger partial charge in [0.1, 0.15) is 11.6 Å². The summed E-state index contributed by atoms with van der Waals surface area (Å²) < 4.78 is 32.5. The van der Waals surface area contributed by atoms with Gasteiger partial charge < -0.3 is 5.43 Å². The molecule has 0 aromatic heterocycles. The Kier molecular flexibility index (Phi) is 9.85. The minimum Gasteiger partial charge on any atom is -0.324 e. The van der Waals surface area contributed by atoms with E-state index in [0.29, 0.717) is 22.5 Å². The Hall–Kier alpha value is -2.54. The number of nitrogens with two attached hydrogens (primary N) is 1. The van der Waals surface area contributed by atoms with Gasteiger partial charge in [0.15, 0.2) is 0 Å². The lowest BCUT2D eigenvalue weighted by atomic mass is 9.45. The van der Waals surface area contributed by atoms with Gasteiger partial charge in [0.25, 0.3) is 6.71 Å². The van der Waals surface area contributed by atoms with Gasteiger partial charge in [-0.3, -0.25) is 10.1 Å². The summed E-state index contributed by atoms with van der Waals surface area (Å²) in [7, 11) is 0. The number of halogens is 2. The van der Waals surface area contributed by atoms with Crippen molar-refractivity contribution < 1.29 is 8.78 Å². The summed E-state index contributed by atoms with van der Waals surface area (Å²) >= 11 is 1.43. The Morgan fingerprint density at radius 1 is 1.26 bits per heavy atom. The molecule has 5 nitrogen and oxygen atoms in total. The van der Waals surface area contributed by atoms with Crippen LogP contribution in [0.15, 0.2) is 49.0 Å². The van der Waals surface area contributed by atoms with Crippen LogP contribution in [0.1, 0.15) is 25.0 Å². The highest BCUT2D eigenvalue weighted by Gasteiger charge is 2.25. The van der Waals surface area contributed by atoms with Crippen LogP contribution in [0.5, 0.6) is 0 Å². The van der Waals surface area contributed by atoms with Crippen molar-refractivity contribution in [2.45, 2.75) is 33.0 Å². The van der Waals surface area contributed by atoms with Gasteiger partial charge in [-0.25, -0.2) is 18.3 Å². The van der Waals surface area contributed by atoms with Crippen molar-refractivity contribution in [1.29, 1.82) is 5.26 Å². The summed E-state index contributed by atoms with van der Waals surface area (Å²) in [5.74, 6) is 6.92. The van der Waals surface area contributed by atoms with Gasteiger partial charge in [0, 0.05) is 48.0 Å². The fourth-order valence-corrected chi connectivity index (χ4v) is 4.16. The van der Waals surface area contributed by atoms with Crippen LogP contribution in [-0.2, 0) is 6.54 Å². The number of nitrogens with zero attached hydrogens (tertiary/aromatic N) is 3. The molecule has 1 aliphatic rings. The molecule has 0 amide bonds. The van der Waals surface area contributed by atoms with Crippen LogP contribution in [-0.4, -0.2) is 24.1 Å². The molecule has 2 aromatic rings. The molecule has 0 aliphatic carbocycles. The SMILES string of the molecule is C=C(NN)c1ccc(CN(SN2CCB(C#N)CC2)c2cccc(F)c2)c(F)c1.CC. The molecule has 0 bridgehead atoms. The standard InChI is InChI=1S/C20H22BF2N5S.C2H6/c1-15(26-25)16-5-6-17(20(23)11-16)13-28(19-4-2-3-18(22)12-19)29-27-9-7-21(14-24)8-10-27;1-2/h2-6,11-12,26H,1,7-10,13,25H2;1-2H3. The molecule has 3 rings (SSSR count). The number of hydrogen-bond acceptors (Lipinski definition) is 6. The number of hydrogen-bond donors (Lipinski definition) is 2. The topological polar surface area (TPSA) is 68.3 Å². The average Bonchev–Trinajstić information content (AvgIpc) is 2.81. The first-order valence-corrected chi connectivity index (χ1v) is 11.0. The highest BCUT2D eigenvalue weighted by Crippen LogP contribution is 2.31. The zero-order valence-corrected chi connectivity index (χ0v) is 18.8. The van der Waals surface area contributed by atoms with Gasteiger partial charge in [-0.15, -0.1) is 0 Å². The second kappa shape index (κ2) is 12.4. The maximum Gasteiger partial charge on any atom is 0.270 e. The number of hydrazine groups is 1. The lowest BCUT2D eigenvalue weighted by Gasteiger charge is -2.33. The van der Waals surface area contributed by atoms with Crippen molar-refractivity contribution in [3.8, 4) is 5.97 Å². The van der Waals surface area contributed by atoms with Gasteiger partial charge in [0.05, 0.1) is 12.2 Å². The quantitative estimate of drug-likeness (QED) is 0.276. The molecule has 1 heterocycles. The zero-order chi connectivity index (χ0) is 22.8. The predicted octanol–water partition coefficient (Wildman–Crippen LogP) is 4.87. The Morgan fingerprint density at radius 2 is 1.97 bits per heavy atom. The van der Waals surface area contributed by atoms with E-state index in [0.717, 1.165) is 25.7 Å². The normalized spacial score (nSPS) is 13.6. The third-order valence-electron chi connectivity index (χ3n) is 4.84. The smallest absolute Gasteiger partial charge is 0.270 e. The van der Waals surface area contributed by atoms with Crippen LogP contribution >= 0.6 is 12.1 Å². The molecule has 0 spiro atoms. The minimum absolute atomic E-state index is 0.0729. The first kappa shape index (κ1) is 24.7. The predicted molar refractivity (Wildman–Crippen MR) is 127 cm³/mol. The lowest BCUT2D eigenvalue weighted by Crippen LogP contribution is -2.35. The third-order valence-corrected chi connectivity index (χ3v) is 5.97. The maximum absolute atomic E-state index is 14.7. The van der Waals surface area contributed by atoms with Gasteiger partial charge >= 0.3 is 0 Å². The maximum atomic E-state index is 14.7. The third kappa shape index (κ3) is 6.99. The van der Waals surface area contributed by atoms with Gasteiger partial charge in [-0.1, -0.05) is 38.6 Å². The molecule has 0 unspecified atom stereocenters. The van der Waals surface area contributed by atoms with E-state index in [1.54, 1.807) is 24.3 Å². The van der Waals surface area contributed by atoms with Crippen molar-refractivity contribution in [3.63, 3.8) is 0 Å². The first-order chi connectivity index (χ1) is 15.0. The molecule has 9 heteroatoms. The Labute approximate surface area is 188 Å². The van der Waals surface area contributed by atoms with Gasteiger partial charge in [-0.05, 0) is 36.9 Å². The molecule has 1 aliphatic heterocycles. The van der Waals surface area contributed by atoms with E-state index in [-0.39, 0.29) is 24.9 Å². The van der Waals surface area contributed by atoms with Crippen LogP contribution in [0.25, 0.3) is 5.70 Å². The van der Waals surface area contributed by atoms with Crippen molar-refractivity contribution in [2.24, 2.45) is 5.84 Å². The molecule has 164 valence electrons. The second-order valence-corrected chi connectivity index (χ2v) is 7.98. The van der Waals surface area contributed by atoms with E-state index in [1.165, 1.54) is 30.3 Å². The molecule has 2 aromatic carbocycles. The first-order valence-electron chi connectivity index (χ1n) is 10.3. The second-order valence-electron chi connectivity index (χ2n) is 6.86. The number of benzene rings is 2. The minimum atomic E-state index is -0.385. The fraction of sp³-hybridized carbons (Fsp3) is 0.318. The molecule has 0 radical (unpaired) electrons. The summed E-state index contributed by atoms with van der Waals surface area (Å²) in [5.41, 5.74) is 4.53. The molecule has 1 saturated heterocycles. The average molecular weight is 443 g/mol. The lowest BCUT2D eigenvalue weighted by molar-refractivity contribution is 0.501. The summed E-state index contributed by atoms with van der Waals surface area (Å²) in [6.07, 6.45) is 1.58. The van der Waals surface area contributed by atoms with Crippen molar-refractivity contribution in [1.82, 2.24) is 9.73 Å². The Bertz CT molecular complexity index is 913. The van der Waals surface area contributed by atoms with Crippen molar-refractivity contribution in [2.75, 3.05) is 17.4 Å². The number of rotatable bonds is 7. The van der Waals surface area contributed by atoms with Crippen LogP contribution in [0.3, 0.4) is 0 Å². The van der Waals surface area contributed by atoms with E-state index >= 15 is 0 Å². The molecule has 3 N–H and O–H groups in total. The van der Waals surface area contributed by atoms with Gasteiger partial charge in [-0.2, -0.15) is 0 Å². The number of nitrogens with one attached hydrogen (secondary N) is 1. The fourth-order valence-electron chi connectivity index (χ4n) is 3.11. The molecular formula is C22H28BF2N5S. The van der Waals surface area contributed by atoms with Crippen LogP contribution in [0.4, 0.5) is 14.5 Å².